The van der Waals surface area contributed by atoms with E-state index >= 15 is 0 Å². The fourth-order valence-corrected chi connectivity index (χ4v) is 4.07. The van der Waals surface area contributed by atoms with Crippen molar-refractivity contribution in [1.82, 2.24) is 19.5 Å². The molecule has 5 atom stereocenters. The minimum absolute atomic E-state index is 0.0441. The van der Waals surface area contributed by atoms with E-state index in [1.807, 2.05) is 0 Å². The molecule has 0 radical (unpaired) electrons. The van der Waals surface area contributed by atoms with Crippen molar-refractivity contribution in [2.75, 3.05) is 6.61 Å². The summed E-state index contributed by atoms with van der Waals surface area (Å²) in [5, 5.41) is 20.2. The lowest BCUT2D eigenvalue weighted by Gasteiger charge is -2.17. The van der Waals surface area contributed by atoms with Crippen molar-refractivity contribution in [2.45, 2.75) is 24.5 Å². The highest BCUT2D eigenvalue weighted by atomic mass is 31.3. The SMILES string of the molecule is O=c1[nH]cnc2c1ncn2[C@@H]1O[C@@H](COP(=O)(O)OP(=O)(O)O)[C@@H](O)[C@@H]1O. The number of fused-ring (bicyclic) bond motifs is 1. The number of hydrogen-bond acceptors (Lipinski definition) is 10. The van der Waals surface area contributed by atoms with Crippen molar-refractivity contribution in [1.29, 1.82) is 0 Å². The Hall–Kier alpha value is -1.51. The number of phosphoric acid groups is 2. The number of aromatic nitrogens is 4. The number of aliphatic hydroxyl groups excluding tert-OH is 2. The molecule has 1 aliphatic heterocycles. The number of H-pyrrole nitrogens is 1. The third-order valence-electron chi connectivity index (χ3n) is 3.59. The van der Waals surface area contributed by atoms with Gasteiger partial charge in [0, 0.05) is 0 Å². The van der Waals surface area contributed by atoms with Crippen LogP contribution in [0, 0.1) is 0 Å². The van der Waals surface area contributed by atoms with E-state index in [9.17, 15) is 29.0 Å². The summed E-state index contributed by atoms with van der Waals surface area (Å²) < 4.78 is 36.6. The number of aromatic amines is 1. The molecule has 1 aliphatic rings. The minimum atomic E-state index is -5.30. The molecule has 3 rings (SSSR count). The number of phosphoric ester groups is 1. The van der Waals surface area contributed by atoms with Crippen LogP contribution < -0.4 is 5.56 Å². The molecule has 17 heteroatoms. The first kappa shape index (κ1) is 20.2. The molecule has 27 heavy (non-hydrogen) atoms. The normalized spacial score (nSPS) is 28.5. The zero-order chi connectivity index (χ0) is 20.0. The van der Waals surface area contributed by atoms with Crippen molar-refractivity contribution < 1.29 is 47.6 Å². The van der Waals surface area contributed by atoms with Crippen molar-refractivity contribution in [3.8, 4) is 0 Å². The molecular weight excluding hydrogens is 414 g/mol. The van der Waals surface area contributed by atoms with E-state index in [2.05, 4.69) is 23.8 Å². The van der Waals surface area contributed by atoms with Gasteiger partial charge in [0.15, 0.2) is 17.4 Å². The highest BCUT2D eigenvalue weighted by Crippen LogP contribution is 2.57. The zero-order valence-corrected chi connectivity index (χ0v) is 14.9. The van der Waals surface area contributed by atoms with Crippen LogP contribution in [-0.2, 0) is 22.7 Å². The summed E-state index contributed by atoms with van der Waals surface area (Å²) in [6.07, 6.45) is -3.56. The van der Waals surface area contributed by atoms with Gasteiger partial charge in [-0.3, -0.25) is 13.9 Å². The van der Waals surface area contributed by atoms with Gasteiger partial charge in [0.25, 0.3) is 5.56 Å². The number of ether oxygens (including phenoxy) is 1. The van der Waals surface area contributed by atoms with Crippen LogP contribution in [-0.4, -0.2) is 69.3 Å². The molecule has 1 fully saturated rings. The second kappa shape index (κ2) is 7.14. The first-order chi connectivity index (χ1) is 12.5. The number of imidazole rings is 1. The van der Waals surface area contributed by atoms with E-state index in [0.717, 1.165) is 12.7 Å². The molecule has 2 aromatic heterocycles. The Kier molecular flexibility index (Phi) is 5.35. The maximum Gasteiger partial charge on any atom is 0.481 e. The standard InChI is InChI=1S/C10H14N4O11P2/c15-6-4(1-23-27(21,22)25-26(18,19)20)24-10(7(6)16)14-3-13-5-8(14)11-2-12-9(5)17/h2-4,6-7,10,15-16H,1H2,(H,21,22)(H,11,12,17)(H2,18,19,20)/t4-,6+,7-,10+/m0/s1. The van der Waals surface area contributed by atoms with Gasteiger partial charge in [-0.05, 0) is 0 Å². The number of aliphatic hydroxyl groups is 2. The van der Waals surface area contributed by atoms with Crippen LogP contribution in [0.2, 0.25) is 0 Å². The molecule has 3 heterocycles. The third-order valence-corrected chi connectivity index (χ3v) is 5.74. The van der Waals surface area contributed by atoms with Crippen LogP contribution in [0.5, 0.6) is 0 Å². The van der Waals surface area contributed by atoms with Gasteiger partial charge in [-0.25, -0.2) is 19.1 Å². The van der Waals surface area contributed by atoms with E-state index in [1.54, 1.807) is 0 Å². The smallest absolute Gasteiger partial charge is 0.387 e. The summed E-state index contributed by atoms with van der Waals surface area (Å²) in [6.45, 7) is -0.844. The Morgan fingerprint density at radius 1 is 1.22 bits per heavy atom. The molecule has 1 unspecified atom stereocenters. The third kappa shape index (κ3) is 4.33. The Labute approximate surface area is 149 Å². The Bertz CT molecular complexity index is 985. The van der Waals surface area contributed by atoms with Crippen LogP contribution in [0.25, 0.3) is 11.2 Å². The van der Waals surface area contributed by atoms with Crippen molar-refractivity contribution in [3.05, 3.63) is 23.0 Å². The number of nitrogens with zero attached hydrogens (tertiary/aromatic N) is 3. The summed E-state index contributed by atoms with van der Waals surface area (Å²) in [5.74, 6) is 0. The maximum absolute atomic E-state index is 11.7. The first-order valence-electron chi connectivity index (χ1n) is 7.14. The largest absolute Gasteiger partial charge is 0.481 e. The summed E-state index contributed by atoms with van der Waals surface area (Å²) in [5.41, 5.74) is -0.533. The van der Waals surface area contributed by atoms with Gasteiger partial charge in [-0.1, -0.05) is 0 Å². The fourth-order valence-electron chi connectivity index (χ4n) is 2.47. The average Bonchev–Trinajstić information content (AvgIpc) is 3.07. The van der Waals surface area contributed by atoms with Gasteiger partial charge in [0.05, 0.1) is 19.3 Å². The van der Waals surface area contributed by atoms with Crippen LogP contribution in [0.15, 0.2) is 17.4 Å². The zero-order valence-electron chi connectivity index (χ0n) is 13.1. The van der Waals surface area contributed by atoms with Crippen LogP contribution in [0.4, 0.5) is 0 Å². The number of nitrogens with one attached hydrogen (secondary N) is 1. The summed E-state index contributed by atoms with van der Waals surface area (Å²) in [4.78, 5) is 48.0. The van der Waals surface area contributed by atoms with E-state index < -0.39 is 52.4 Å². The molecule has 15 nitrogen and oxygen atoms in total. The van der Waals surface area contributed by atoms with Crippen molar-refractivity contribution in [2.24, 2.45) is 0 Å². The Balaban J connectivity index is 1.76. The van der Waals surface area contributed by atoms with E-state index in [4.69, 9.17) is 14.5 Å². The highest BCUT2D eigenvalue weighted by Gasteiger charge is 2.46. The molecule has 6 N–H and O–H groups in total. The lowest BCUT2D eigenvalue weighted by atomic mass is 10.1. The van der Waals surface area contributed by atoms with Crippen molar-refractivity contribution >= 4 is 26.8 Å². The average molecular weight is 428 g/mol. The van der Waals surface area contributed by atoms with Crippen molar-refractivity contribution in [3.63, 3.8) is 0 Å². The van der Waals surface area contributed by atoms with Gasteiger partial charge in [-0.2, -0.15) is 4.31 Å². The van der Waals surface area contributed by atoms with Crippen LogP contribution in [0.1, 0.15) is 6.23 Å². The van der Waals surface area contributed by atoms with Crippen LogP contribution in [0.3, 0.4) is 0 Å². The molecule has 0 spiro atoms. The predicted molar refractivity (Wildman–Crippen MR) is 83.0 cm³/mol. The van der Waals surface area contributed by atoms with E-state index in [-0.39, 0.29) is 11.2 Å². The van der Waals surface area contributed by atoms with E-state index in [1.165, 1.54) is 4.57 Å². The second-order valence-electron chi connectivity index (χ2n) is 5.44. The van der Waals surface area contributed by atoms with Gasteiger partial charge < -0.3 is 34.6 Å². The molecule has 0 aliphatic carbocycles. The molecular formula is C10H14N4O11P2. The topological polar surface area (TPSA) is 227 Å². The molecule has 0 bridgehead atoms. The minimum Gasteiger partial charge on any atom is -0.387 e. The predicted octanol–water partition coefficient (Wildman–Crippen LogP) is -2.03. The number of hydrogen-bond donors (Lipinski definition) is 6. The molecule has 2 aromatic rings. The molecule has 0 aromatic carbocycles. The quantitative estimate of drug-likeness (QED) is 0.273. The van der Waals surface area contributed by atoms with Gasteiger partial charge in [0.1, 0.15) is 18.3 Å². The first-order valence-corrected chi connectivity index (χ1v) is 10.2. The van der Waals surface area contributed by atoms with Gasteiger partial charge >= 0.3 is 15.6 Å². The lowest BCUT2D eigenvalue weighted by Crippen LogP contribution is -2.33. The molecule has 0 saturated carbocycles. The van der Waals surface area contributed by atoms with Gasteiger partial charge in [-0.15, -0.1) is 0 Å². The molecule has 1 saturated heterocycles. The number of rotatable bonds is 6. The molecule has 150 valence electrons. The Morgan fingerprint density at radius 3 is 2.59 bits per heavy atom. The van der Waals surface area contributed by atoms with Gasteiger partial charge in [0.2, 0.25) is 0 Å². The lowest BCUT2D eigenvalue weighted by molar-refractivity contribution is -0.0503. The molecule has 0 amide bonds. The maximum atomic E-state index is 11.7. The fraction of sp³-hybridized carbons (Fsp3) is 0.500. The van der Waals surface area contributed by atoms with E-state index in [0.29, 0.717) is 0 Å². The summed E-state index contributed by atoms with van der Waals surface area (Å²) in [6, 6.07) is 0. The monoisotopic (exact) mass is 428 g/mol. The summed E-state index contributed by atoms with van der Waals surface area (Å²) in [7, 11) is -10.5. The summed E-state index contributed by atoms with van der Waals surface area (Å²) >= 11 is 0. The Morgan fingerprint density at radius 2 is 1.93 bits per heavy atom. The second-order valence-corrected chi connectivity index (χ2v) is 8.27. The highest BCUT2D eigenvalue weighted by molar-refractivity contribution is 7.60. The van der Waals surface area contributed by atoms with Crippen LogP contribution >= 0.6 is 15.6 Å².